The van der Waals surface area contributed by atoms with Gasteiger partial charge in [0.25, 0.3) is 0 Å². The minimum Gasteiger partial charge on any atom is -0.438 e. The Labute approximate surface area is 126 Å². The van der Waals surface area contributed by atoms with Crippen molar-refractivity contribution < 1.29 is 4.74 Å². The average molecular weight is 285 g/mol. The number of aryl methyl sites for hydroxylation is 2. The molecule has 1 aromatic carbocycles. The molecule has 0 saturated carbocycles. The van der Waals surface area contributed by atoms with Crippen molar-refractivity contribution >= 4 is 5.82 Å². The summed E-state index contributed by atoms with van der Waals surface area (Å²) >= 11 is 0. The van der Waals surface area contributed by atoms with E-state index in [1.54, 1.807) is 6.33 Å². The van der Waals surface area contributed by atoms with E-state index in [4.69, 9.17) is 4.74 Å². The smallest absolute Gasteiger partial charge is 0.227 e. The highest BCUT2D eigenvalue weighted by atomic mass is 16.5. The van der Waals surface area contributed by atoms with E-state index >= 15 is 0 Å². The van der Waals surface area contributed by atoms with Crippen LogP contribution < -0.4 is 10.1 Å². The van der Waals surface area contributed by atoms with Crippen LogP contribution in [0, 0.1) is 20.8 Å². The Morgan fingerprint density at radius 2 is 1.76 bits per heavy atom. The number of aromatic nitrogens is 2. The number of ether oxygens (including phenoxy) is 1. The van der Waals surface area contributed by atoms with Gasteiger partial charge >= 0.3 is 0 Å². The summed E-state index contributed by atoms with van der Waals surface area (Å²) < 4.78 is 6.14. The number of benzene rings is 1. The maximum atomic E-state index is 6.14. The zero-order valence-electron chi connectivity index (χ0n) is 13.4. The average Bonchev–Trinajstić information content (AvgIpc) is 2.48. The van der Waals surface area contributed by atoms with Gasteiger partial charge in [-0.25, -0.2) is 9.97 Å². The summed E-state index contributed by atoms with van der Waals surface area (Å²) in [5, 5.41) is 3.26. The topological polar surface area (TPSA) is 47.0 Å². The first-order valence-electron chi connectivity index (χ1n) is 7.40. The number of hydrogen-bond donors (Lipinski definition) is 1. The van der Waals surface area contributed by atoms with Gasteiger partial charge in [0, 0.05) is 6.54 Å². The van der Waals surface area contributed by atoms with Gasteiger partial charge in [-0.15, -0.1) is 0 Å². The summed E-state index contributed by atoms with van der Waals surface area (Å²) in [4.78, 5) is 8.63. The van der Waals surface area contributed by atoms with Crippen LogP contribution in [-0.4, -0.2) is 16.5 Å². The molecule has 0 amide bonds. The molecule has 0 aliphatic heterocycles. The Bertz CT molecular complexity index is 638. The summed E-state index contributed by atoms with van der Waals surface area (Å²) in [6.07, 6.45) is 2.37. The summed E-state index contributed by atoms with van der Waals surface area (Å²) in [5.74, 6) is 2.39. The van der Waals surface area contributed by atoms with Crippen LogP contribution >= 0.6 is 0 Å². The molecule has 0 fully saturated rings. The number of nitrogens with zero attached hydrogens (tertiary/aromatic N) is 2. The molecular formula is C17H23N3O. The van der Waals surface area contributed by atoms with Crippen molar-refractivity contribution in [3.63, 3.8) is 0 Å². The van der Waals surface area contributed by atoms with Crippen LogP contribution in [0.15, 0.2) is 18.5 Å². The number of anilines is 1. The van der Waals surface area contributed by atoms with Gasteiger partial charge in [0.05, 0.1) is 5.56 Å². The minimum atomic E-state index is 0.639. The van der Waals surface area contributed by atoms with Crippen LogP contribution in [-0.2, 0) is 6.42 Å². The Kier molecular flexibility index (Phi) is 4.78. The van der Waals surface area contributed by atoms with Gasteiger partial charge in [0.2, 0.25) is 5.88 Å². The zero-order valence-corrected chi connectivity index (χ0v) is 13.4. The van der Waals surface area contributed by atoms with E-state index in [9.17, 15) is 0 Å². The van der Waals surface area contributed by atoms with Crippen LogP contribution in [0.3, 0.4) is 0 Å². The molecule has 1 aromatic heterocycles. The van der Waals surface area contributed by atoms with Gasteiger partial charge in [-0.2, -0.15) is 0 Å². The predicted molar refractivity (Wildman–Crippen MR) is 86.3 cm³/mol. The lowest BCUT2D eigenvalue weighted by atomic mass is 10.1. The molecule has 2 aromatic rings. The second kappa shape index (κ2) is 6.57. The van der Waals surface area contributed by atoms with Crippen LogP contribution in [0.2, 0.25) is 0 Å². The Morgan fingerprint density at radius 1 is 1.05 bits per heavy atom. The fourth-order valence-corrected chi connectivity index (χ4v) is 2.30. The number of nitrogens with one attached hydrogen (secondary N) is 1. The molecule has 0 unspecified atom stereocenters. The minimum absolute atomic E-state index is 0.639. The molecule has 0 radical (unpaired) electrons. The summed E-state index contributed by atoms with van der Waals surface area (Å²) in [7, 11) is 0. The molecule has 0 aliphatic carbocycles. The highest BCUT2D eigenvalue weighted by Gasteiger charge is 2.14. The fourth-order valence-electron chi connectivity index (χ4n) is 2.30. The number of hydrogen-bond acceptors (Lipinski definition) is 4. The molecule has 0 aliphatic rings. The molecular weight excluding hydrogens is 262 g/mol. The molecule has 0 bridgehead atoms. The molecule has 112 valence electrons. The van der Waals surface area contributed by atoms with Crippen molar-refractivity contribution in [1.82, 2.24) is 9.97 Å². The molecule has 21 heavy (non-hydrogen) atoms. The first-order chi connectivity index (χ1) is 10.1. The van der Waals surface area contributed by atoms with Gasteiger partial charge in [0.1, 0.15) is 17.9 Å². The van der Waals surface area contributed by atoms with E-state index in [-0.39, 0.29) is 0 Å². The van der Waals surface area contributed by atoms with Gasteiger partial charge in [0.15, 0.2) is 0 Å². The third kappa shape index (κ3) is 3.15. The van der Waals surface area contributed by atoms with Crippen LogP contribution in [0.5, 0.6) is 11.6 Å². The standard InChI is InChI=1S/C17H23N3O/c1-6-14-16(18-7-2)19-10-20-17(14)21-15-12(4)9-8-11(3)13(15)5/h8-10H,6-7H2,1-5H3,(H,18,19,20). The lowest BCUT2D eigenvalue weighted by Crippen LogP contribution is -2.06. The summed E-state index contributed by atoms with van der Waals surface area (Å²) in [6.45, 7) is 11.2. The van der Waals surface area contributed by atoms with Gasteiger partial charge in [-0.3, -0.25) is 0 Å². The number of rotatable bonds is 5. The normalized spacial score (nSPS) is 10.5. The second-order valence-electron chi connectivity index (χ2n) is 5.15. The van der Waals surface area contributed by atoms with Crippen LogP contribution in [0.1, 0.15) is 36.1 Å². The van der Waals surface area contributed by atoms with E-state index in [1.165, 1.54) is 5.56 Å². The second-order valence-corrected chi connectivity index (χ2v) is 5.15. The fraction of sp³-hybridized carbons (Fsp3) is 0.412. The van der Waals surface area contributed by atoms with E-state index in [0.717, 1.165) is 41.2 Å². The molecule has 4 heteroatoms. The first-order valence-corrected chi connectivity index (χ1v) is 7.40. The Hall–Kier alpha value is -2.10. The maximum absolute atomic E-state index is 6.14. The third-order valence-electron chi connectivity index (χ3n) is 3.68. The van der Waals surface area contributed by atoms with E-state index < -0.39 is 0 Å². The van der Waals surface area contributed by atoms with E-state index in [2.05, 4.69) is 62.0 Å². The Balaban J connectivity index is 2.45. The molecule has 0 spiro atoms. The van der Waals surface area contributed by atoms with Gasteiger partial charge in [-0.05, 0) is 50.8 Å². The molecule has 2 rings (SSSR count). The Morgan fingerprint density at radius 3 is 2.43 bits per heavy atom. The van der Waals surface area contributed by atoms with Gasteiger partial charge < -0.3 is 10.1 Å². The summed E-state index contributed by atoms with van der Waals surface area (Å²) in [5.41, 5.74) is 4.50. The van der Waals surface area contributed by atoms with E-state index in [1.807, 2.05) is 0 Å². The lowest BCUT2D eigenvalue weighted by Gasteiger charge is -2.16. The monoisotopic (exact) mass is 285 g/mol. The van der Waals surface area contributed by atoms with Crippen molar-refractivity contribution in [2.75, 3.05) is 11.9 Å². The van der Waals surface area contributed by atoms with Crippen LogP contribution in [0.25, 0.3) is 0 Å². The maximum Gasteiger partial charge on any atom is 0.227 e. The predicted octanol–water partition coefficient (Wildman–Crippen LogP) is 4.19. The van der Waals surface area contributed by atoms with Crippen molar-refractivity contribution in [1.29, 1.82) is 0 Å². The highest BCUT2D eigenvalue weighted by Crippen LogP contribution is 2.33. The van der Waals surface area contributed by atoms with E-state index in [0.29, 0.717) is 5.88 Å². The van der Waals surface area contributed by atoms with Crippen molar-refractivity contribution in [3.05, 3.63) is 40.7 Å². The van der Waals surface area contributed by atoms with Crippen molar-refractivity contribution in [2.45, 2.75) is 41.0 Å². The molecule has 1 N–H and O–H groups in total. The molecule has 0 saturated heterocycles. The quantitative estimate of drug-likeness (QED) is 0.895. The largest absolute Gasteiger partial charge is 0.438 e. The van der Waals surface area contributed by atoms with Gasteiger partial charge in [-0.1, -0.05) is 19.1 Å². The lowest BCUT2D eigenvalue weighted by molar-refractivity contribution is 0.448. The highest BCUT2D eigenvalue weighted by molar-refractivity contribution is 5.52. The first kappa shape index (κ1) is 15.3. The zero-order chi connectivity index (χ0) is 15.4. The SMILES string of the molecule is CCNc1ncnc(Oc2c(C)ccc(C)c2C)c1CC. The molecule has 1 heterocycles. The van der Waals surface area contributed by atoms with Crippen molar-refractivity contribution in [2.24, 2.45) is 0 Å². The molecule has 4 nitrogen and oxygen atoms in total. The molecule has 0 atom stereocenters. The summed E-state index contributed by atoms with van der Waals surface area (Å²) in [6, 6.07) is 4.19. The third-order valence-corrected chi connectivity index (χ3v) is 3.68. The van der Waals surface area contributed by atoms with Crippen LogP contribution in [0.4, 0.5) is 5.82 Å². The van der Waals surface area contributed by atoms with Crippen molar-refractivity contribution in [3.8, 4) is 11.6 Å².